The Morgan fingerprint density at radius 3 is 2.50 bits per heavy atom. The van der Waals surface area contributed by atoms with Crippen molar-refractivity contribution in [1.82, 2.24) is 4.72 Å². The molecule has 2 N–H and O–H groups in total. The maximum absolute atomic E-state index is 12.1. The molecule has 0 atom stereocenters. The summed E-state index contributed by atoms with van der Waals surface area (Å²) in [6.07, 6.45) is 0. The van der Waals surface area contributed by atoms with Gasteiger partial charge in [0.1, 0.15) is 0 Å². The molecule has 0 aliphatic rings. The number of aliphatic hydroxyl groups excluding tert-OH is 1. The first-order valence-corrected chi connectivity index (χ1v) is 8.61. The van der Waals surface area contributed by atoms with E-state index in [1.54, 1.807) is 12.1 Å². The van der Waals surface area contributed by atoms with Crippen LogP contribution in [0.1, 0.15) is 10.4 Å². The van der Waals surface area contributed by atoms with E-state index in [0.717, 1.165) is 4.88 Å². The van der Waals surface area contributed by atoms with Crippen molar-refractivity contribution in [3.8, 4) is 0 Å². The molecule has 0 aliphatic carbocycles. The highest BCUT2D eigenvalue weighted by Gasteiger charge is 2.15. The molecular weight excluding hydrogens is 341 g/mol. The van der Waals surface area contributed by atoms with Gasteiger partial charge in [0.15, 0.2) is 0 Å². The first kappa shape index (κ1) is 15.8. The van der Waals surface area contributed by atoms with Gasteiger partial charge < -0.3 is 5.11 Å². The van der Waals surface area contributed by atoms with Gasteiger partial charge in [-0.1, -0.05) is 29.3 Å². The van der Waals surface area contributed by atoms with Crippen molar-refractivity contribution < 1.29 is 13.5 Å². The van der Waals surface area contributed by atoms with Gasteiger partial charge in [-0.15, -0.1) is 11.3 Å². The Bertz CT molecular complexity index is 713. The molecule has 0 radical (unpaired) electrons. The van der Waals surface area contributed by atoms with Crippen molar-refractivity contribution in [2.24, 2.45) is 0 Å². The maximum Gasteiger partial charge on any atom is 0.240 e. The van der Waals surface area contributed by atoms with Crippen molar-refractivity contribution in [2.45, 2.75) is 18.0 Å². The van der Waals surface area contributed by atoms with Crippen LogP contribution in [-0.2, 0) is 23.2 Å². The summed E-state index contributed by atoms with van der Waals surface area (Å²) in [7, 11) is -3.65. The van der Waals surface area contributed by atoms with Gasteiger partial charge in [0.2, 0.25) is 10.0 Å². The molecule has 20 heavy (non-hydrogen) atoms. The monoisotopic (exact) mass is 351 g/mol. The predicted molar refractivity (Wildman–Crippen MR) is 80.7 cm³/mol. The summed E-state index contributed by atoms with van der Waals surface area (Å²) in [4.78, 5) is 0.874. The van der Waals surface area contributed by atoms with E-state index in [2.05, 4.69) is 4.72 Å². The van der Waals surface area contributed by atoms with Crippen LogP contribution in [0.3, 0.4) is 0 Å². The van der Waals surface area contributed by atoms with Gasteiger partial charge in [-0.25, -0.2) is 13.1 Å². The Balaban J connectivity index is 2.15. The van der Waals surface area contributed by atoms with Crippen LogP contribution in [0.4, 0.5) is 0 Å². The minimum absolute atomic E-state index is 0.0577. The maximum atomic E-state index is 12.1. The number of halogens is 2. The molecule has 108 valence electrons. The van der Waals surface area contributed by atoms with E-state index in [1.807, 2.05) is 0 Å². The fraction of sp³-hybridized carbons (Fsp3) is 0.167. The molecule has 2 rings (SSSR count). The van der Waals surface area contributed by atoms with Crippen molar-refractivity contribution in [1.29, 1.82) is 0 Å². The minimum atomic E-state index is -3.65. The Morgan fingerprint density at radius 1 is 1.20 bits per heavy atom. The lowest BCUT2D eigenvalue weighted by atomic mass is 10.2. The lowest BCUT2D eigenvalue weighted by Crippen LogP contribution is -2.22. The second-order valence-corrected chi connectivity index (χ2v) is 7.92. The molecule has 0 unspecified atom stereocenters. The van der Waals surface area contributed by atoms with E-state index in [0.29, 0.717) is 9.90 Å². The van der Waals surface area contributed by atoms with Crippen LogP contribution in [0.25, 0.3) is 0 Å². The zero-order valence-corrected chi connectivity index (χ0v) is 13.3. The van der Waals surface area contributed by atoms with E-state index in [-0.39, 0.29) is 23.1 Å². The second kappa shape index (κ2) is 6.43. The average Bonchev–Trinajstić information content (AvgIpc) is 2.82. The summed E-state index contributed by atoms with van der Waals surface area (Å²) in [6, 6.07) is 7.68. The number of hydrogen-bond acceptors (Lipinski definition) is 4. The van der Waals surface area contributed by atoms with E-state index in [9.17, 15) is 8.42 Å². The van der Waals surface area contributed by atoms with Gasteiger partial charge in [-0.2, -0.15) is 0 Å². The summed E-state index contributed by atoms with van der Waals surface area (Å²) in [5.74, 6) is 0. The molecule has 0 bridgehead atoms. The van der Waals surface area contributed by atoms with Crippen LogP contribution in [0.2, 0.25) is 9.36 Å². The molecule has 1 aromatic carbocycles. The number of nitrogens with one attached hydrogen (secondary N) is 1. The van der Waals surface area contributed by atoms with Crippen molar-refractivity contribution >= 4 is 44.6 Å². The Labute approximate surface area is 131 Å². The lowest BCUT2D eigenvalue weighted by Gasteiger charge is -2.07. The smallest absolute Gasteiger partial charge is 0.240 e. The number of thiophene rings is 1. The predicted octanol–water partition coefficient (Wildman–Crippen LogP) is 3.03. The van der Waals surface area contributed by atoms with Gasteiger partial charge in [-0.3, -0.25) is 0 Å². The lowest BCUT2D eigenvalue weighted by molar-refractivity contribution is 0.282. The SMILES string of the molecule is O=S(=O)(NCc1ccc(Cl)s1)c1ccc(CO)c(Cl)c1. The Morgan fingerprint density at radius 2 is 1.95 bits per heavy atom. The van der Waals surface area contributed by atoms with Crippen LogP contribution in [0, 0.1) is 0 Å². The van der Waals surface area contributed by atoms with Crippen molar-refractivity contribution in [3.05, 3.63) is 50.1 Å². The van der Waals surface area contributed by atoms with E-state index in [4.69, 9.17) is 28.3 Å². The first-order valence-electron chi connectivity index (χ1n) is 5.55. The van der Waals surface area contributed by atoms with Crippen LogP contribution < -0.4 is 4.72 Å². The van der Waals surface area contributed by atoms with Crippen LogP contribution in [0.5, 0.6) is 0 Å². The third-order valence-corrected chi connectivity index (χ3v) is 5.55. The molecule has 0 spiro atoms. The molecule has 1 heterocycles. The second-order valence-electron chi connectivity index (χ2n) is 3.94. The average molecular weight is 352 g/mol. The van der Waals surface area contributed by atoms with Crippen molar-refractivity contribution in [3.63, 3.8) is 0 Å². The summed E-state index contributed by atoms with van der Waals surface area (Å²) < 4.78 is 27.3. The van der Waals surface area contributed by atoms with E-state index >= 15 is 0 Å². The topological polar surface area (TPSA) is 66.4 Å². The number of benzene rings is 1. The normalized spacial score (nSPS) is 11.8. The molecule has 0 amide bonds. The summed E-state index contributed by atoms with van der Waals surface area (Å²) in [6.45, 7) is -0.0701. The molecular formula is C12H11Cl2NO3S2. The fourth-order valence-corrected chi connectivity index (χ4v) is 3.98. The molecule has 0 aliphatic heterocycles. The van der Waals surface area contributed by atoms with Crippen LogP contribution in [-0.4, -0.2) is 13.5 Å². The zero-order valence-electron chi connectivity index (χ0n) is 10.1. The minimum Gasteiger partial charge on any atom is -0.392 e. The van der Waals surface area contributed by atoms with Gasteiger partial charge >= 0.3 is 0 Å². The van der Waals surface area contributed by atoms with E-state index < -0.39 is 10.0 Å². The van der Waals surface area contributed by atoms with E-state index in [1.165, 1.54) is 29.5 Å². The highest BCUT2D eigenvalue weighted by atomic mass is 35.5. The number of aliphatic hydroxyl groups is 1. The standard InChI is InChI=1S/C12H11Cl2NO3S2/c13-11-5-10(3-1-8(11)7-16)20(17,18)15-6-9-2-4-12(14)19-9/h1-5,15-16H,6-7H2. The van der Waals surface area contributed by atoms with Gasteiger partial charge in [-0.05, 0) is 29.8 Å². The van der Waals surface area contributed by atoms with Gasteiger partial charge in [0, 0.05) is 16.4 Å². The highest BCUT2D eigenvalue weighted by Crippen LogP contribution is 2.23. The summed E-state index contributed by atoms with van der Waals surface area (Å²) in [5.41, 5.74) is 0.482. The molecule has 2 aromatic rings. The molecule has 4 nitrogen and oxygen atoms in total. The van der Waals surface area contributed by atoms with Gasteiger partial charge in [0.25, 0.3) is 0 Å². The van der Waals surface area contributed by atoms with Crippen LogP contribution >= 0.6 is 34.5 Å². The Hall–Kier alpha value is -0.630. The zero-order chi connectivity index (χ0) is 14.8. The molecule has 8 heteroatoms. The number of hydrogen-bond donors (Lipinski definition) is 2. The van der Waals surface area contributed by atoms with Crippen molar-refractivity contribution in [2.75, 3.05) is 0 Å². The molecule has 0 saturated carbocycles. The molecule has 1 aromatic heterocycles. The fourth-order valence-electron chi connectivity index (χ4n) is 1.52. The van der Waals surface area contributed by atoms with Gasteiger partial charge in [0.05, 0.1) is 15.8 Å². The first-order chi connectivity index (χ1) is 9.42. The highest BCUT2D eigenvalue weighted by molar-refractivity contribution is 7.89. The molecule has 0 fully saturated rings. The Kier molecular flexibility index (Phi) is 5.06. The summed E-state index contributed by atoms with van der Waals surface area (Å²) >= 11 is 13.0. The number of rotatable bonds is 5. The molecule has 0 saturated heterocycles. The third kappa shape index (κ3) is 3.72. The largest absolute Gasteiger partial charge is 0.392 e. The third-order valence-electron chi connectivity index (χ3n) is 2.57. The van der Waals surface area contributed by atoms with Crippen LogP contribution in [0.15, 0.2) is 35.2 Å². The summed E-state index contributed by atoms with van der Waals surface area (Å²) in [5, 5.41) is 9.22. The number of sulfonamides is 1. The quantitative estimate of drug-likeness (QED) is 0.869.